The van der Waals surface area contributed by atoms with Crippen LogP contribution in [0.25, 0.3) is 0 Å². The first-order valence-electron chi connectivity index (χ1n) is 8.41. The van der Waals surface area contributed by atoms with Crippen molar-refractivity contribution in [2.75, 3.05) is 23.3 Å². The maximum absolute atomic E-state index is 11.7. The zero-order valence-electron chi connectivity index (χ0n) is 14.3. The molecule has 0 radical (unpaired) electrons. The molecule has 0 spiro atoms. The summed E-state index contributed by atoms with van der Waals surface area (Å²) >= 11 is 6.12. The van der Waals surface area contributed by atoms with E-state index in [2.05, 4.69) is 15.3 Å². The minimum atomic E-state index is -0.839. The number of rotatable bonds is 6. The van der Waals surface area contributed by atoms with Gasteiger partial charge in [0.15, 0.2) is 0 Å². The minimum Gasteiger partial charge on any atom is -0.481 e. The molecule has 9 nitrogen and oxygen atoms in total. The number of nitro groups is 1. The van der Waals surface area contributed by atoms with Gasteiger partial charge in [0, 0.05) is 24.7 Å². The Morgan fingerprint density at radius 3 is 2.67 bits per heavy atom. The number of benzene rings is 1. The molecule has 0 bridgehead atoms. The number of carboxylic acids is 1. The predicted octanol–water partition coefficient (Wildman–Crippen LogP) is 2.95. The number of halogens is 1. The Hall–Kier alpha value is -2.94. The number of aromatic nitrogens is 2. The first-order valence-corrected chi connectivity index (χ1v) is 8.79. The summed E-state index contributed by atoms with van der Waals surface area (Å²) in [6.07, 6.45) is 2.10. The van der Waals surface area contributed by atoms with Gasteiger partial charge in [-0.1, -0.05) is 29.8 Å². The van der Waals surface area contributed by atoms with Gasteiger partial charge in [0.25, 0.3) is 0 Å². The van der Waals surface area contributed by atoms with Crippen molar-refractivity contribution in [2.24, 2.45) is 5.92 Å². The van der Waals surface area contributed by atoms with Crippen LogP contribution in [0.4, 0.5) is 17.3 Å². The van der Waals surface area contributed by atoms with Gasteiger partial charge in [0.1, 0.15) is 6.33 Å². The van der Waals surface area contributed by atoms with Crippen LogP contribution in [0.15, 0.2) is 30.6 Å². The monoisotopic (exact) mass is 391 g/mol. The van der Waals surface area contributed by atoms with Gasteiger partial charge in [0.2, 0.25) is 11.6 Å². The topological polar surface area (TPSA) is 121 Å². The Morgan fingerprint density at radius 1 is 1.33 bits per heavy atom. The Balaban J connectivity index is 1.82. The van der Waals surface area contributed by atoms with E-state index in [4.69, 9.17) is 16.7 Å². The third-order valence-electron chi connectivity index (χ3n) is 4.53. The molecule has 2 heterocycles. The summed E-state index contributed by atoms with van der Waals surface area (Å²) in [6, 6.07) is 7.19. The van der Waals surface area contributed by atoms with E-state index in [9.17, 15) is 14.9 Å². The highest BCUT2D eigenvalue weighted by atomic mass is 35.5. The minimum absolute atomic E-state index is 0.102. The quantitative estimate of drug-likeness (QED) is 0.569. The maximum Gasteiger partial charge on any atom is 0.353 e. The van der Waals surface area contributed by atoms with Crippen LogP contribution in [0.5, 0.6) is 0 Å². The van der Waals surface area contributed by atoms with Crippen molar-refractivity contribution >= 4 is 34.9 Å². The van der Waals surface area contributed by atoms with Crippen LogP contribution < -0.4 is 10.2 Å². The Labute approximate surface area is 160 Å². The van der Waals surface area contributed by atoms with Gasteiger partial charge in [-0.2, -0.15) is 0 Å². The Kier molecular flexibility index (Phi) is 5.70. The van der Waals surface area contributed by atoms with E-state index in [1.54, 1.807) is 17.0 Å². The smallest absolute Gasteiger partial charge is 0.353 e. The van der Waals surface area contributed by atoms with Crippen molar-refractivity contribution in [1.29, 1.82) is 0 Å². The largest absolute Gasteiger partial charge is 0.481 e. The van der Waals surface area contributed by atoms with Gasteiger partial charge in [-0.3, -0.25) is 14.9 Å². The Bertz CT molecular complexity index is 855. The van der Waals surface area contributed by atoms with Crippen molar-refractivity contribution < 1.29 is 14.8 Å². The van der Waals surface area contributed by atoms with Gasteiger partial charge < -0.3 is 15.3 Å². The number of piperidine rings is 1. The number of hydrogen-bond acceptors (Lipinski definition) is 7. The van der Waals surface area contributed by atoms with E-state index in [1.807, 2.05) is 12.1 Å². The van der Waals surface area contributed by atoms with E-state index < -0.39 is 16.8 Å². The maximum atomic E-state index is 11.7. The molecular formula is C17H18ClN5O4. The third kappa shape index (κ3) is 4.25. The highest BCUT2D eigenvalue weighted by molar-refractivity contribution is 6.31. The number of nitrogens with one attached hydrogen (secondary N) is 1. The van der Waals surface area contributed by atoms with Crippen molar-refractivity contribution in [3.05, 3.63) is 51.3 Å². The van der Waals surface area contributed by atoms with Crippen molar-refractivity contribution in [2.45, 2.75) is 19.4 Å². The molecule has 1 aromatic heterocycles. The average molecular weight is 392 g/mol. The van der Waals surface area contributed by atoms with Crippen LogP contribution in [0.3, 0.4) is 0 Å². The number of carbonyl (C=O) groups is 1. The van der Waals surface area contributed by atoms with Crippen molar-refractivity contribution in [3.63, 3.8) is 0 Å². The summed E-state index contributed by atoms with van der Waals surface area (Å²) in [4.78, 5) is 32.1. The molecular weight excluding hydrogens is 374 g/mol. The lowest BCUT2D eigenvalue weighted by Crippen LogP contribution is -2.37. The van der Waals surface area contributed by atoms with Crippen LogP contribution in [0.1, 0.15) is 18.4 Å². The van der Waals surface area contributed by atoms with Crippen LogP contribution in [-0.4, -0.2) is 39.1 Å². The van der Waals surface area contributed by atoms with Gasteiger partial charge in [-0.15, -0.1) is 0 Å². The highest BCUT2D eigenvalue weighted by Crippen LogP contribution is 2.34. The molecule has 142 valence electrons. The van der Waals surface area contributed by atoms with Gasteiger partial charge in [-0.25, -0.2) is 9.97 Å². The van der Waals surface area contributed by atoms with Crippen LogP contribution in [0.2, 0.25) is 5.02 Å². The molecule has 1 saturated heterocycles. The molecule has 1 aromatic carbocycles. The van der Waals surface area contributed by atoms with Crippen molar-refractivity contribution in [1.82, 2.24) is 9.97 Å². The molecule has 1 aliphatic heterocycles. The van der Waals surface area contributed by atoms with Crippen LogP contribution in [-0.2, 0) is 11.3 Å². The molecule has 1 aliphatic rings. The van der Waals surface area contributed by atoms with Gasteiger partial charge in [-0.05, 0) is 24.5 Å². The van der Waals surface area contributed by atoms with Crippen molar-refractivity contribution in [3.8, 4) is 0 Å². The fourth-order valence-corrected chi connectivity index (χ4v) is 3.26. The van der Waals surface area contributed by atoms with Crippen LogP contribution >= 0.6 is 11.6 Å². The molecule has 1 fully saturated rings. The number of aliphatic carboxylic acids is 1. The normalized spacial score (nSPS) is 14.8. The summed E-state index contributed by atoms with van der Waals surface area (Å²) in [7, 11) is 0. The molecule has 27 heavy (non-hydrogen) atoms. The summed E-state index contributed by atoms with van der Waals surface area (Å²) < 4.78 is 0. The van der Waals surface area contributed by atoms with Crippen LogP contribution in [0, 0.1) is 16.0 Å². The Morgan fingerprint density at radius 2 is 2.04 bits per heavy atom. The van der Waals surface area contributed by atoms with E-state index in [0.717, 1.165) is 5.56 Å². The number of nitrogens with zero attached hydrogens (tertiary/aromatic N) is 4. The second kappa shape index (κ2) is 8.17. The lowest BCUT2D eigenvalue weighted by atomic mass is 9.97. The van der Waals surface area contributed by atoms with E-state index >= 15 is 0 Å². The fourth-order valence-electron chi connectivity index (χ4n) is 3.06. The molecule has 10 heteroatoms. The number of hydrogen-bond donors (Lipinski definition) is 2. The third-order valence-corrected chi connectivity index (χ3v) is 4.90. The molecule has 2 N–H and O–H groups in total. The molecule has 0 aliphatic carbocycles. The highest BCUT2D eigenvalue weighted by Gasteiger charge is 2.31. The SMILES string of the molecule is O=C(O)C1CCN(c2ncnc(NCc3ccccc3Cl)c2[N+](=O)[O-])CC1. The summed E-state index contributed by atoms with van der Waals surface area (Å²) in [5.74, 6) is -0.973. The summed E-state index contributed by atoms with van der Waals surface area (Å²) in [5, 5.41) is 24.3. The second-order valence-electron chi connectivity index (χ2n) is 6.20. The van der Waals surface area contributed by atoms with E-state index in [1.165, 1.54) is 6.33 Å². The number of carboxylic acid groups (broad SMARTS) is 1. The van der Waals surface area contributed by atoms with E-state index in [-0.39, 0.29) is 23.9 Å². The zero-order valence-corrected chi connectivity index (χ0v) is 15.1. The van der Waals surface area contributed by atoms with E-state index in [0.29, 0.717) is 31.0 Å². The first-order chi connectivity index (χ1) is 13.0. The summed E-state index contributed by atoms with van der Waals surface area (Å²) in [5.41, 5.74) is 0.564. The fraction of sp³-hybridized carbons (Fsp3) is 0.353. The molecule has 2 aromatic rings. The molecule has 0 atom stereocenters. The molecule has 3 rings (SSSR count). The second-order valence-corrected chi connectivity index (χ2v) is 6.60. The molecule has 0 saturated carbocycles. The standard InChI is InChI=1S/C17H18ClN5O4/c18-13-4-2-1-3-12(13)9-19-15-14(23(26)27)16(21-10-20-15)22-7-5-11(6-8-22)17(24)25/h1-4,10-11H,5-9H2,(H,24,25)(H,19,20,21). The number of anilines is 2. The molecule has 0 amide bonds. The lowest BCUT2D eigenvalue weighted by Gasteiger charge is -2.30. The van der Waals surface area contributed by atoms with Gasteiger partial charge >= 0.3 is 11.7 Å². The summed E-state index contributed by atoms with van der Waals surface area (Å²) in [6.45, 7) is 1.05. The zero-order chi connectivity index (χ0) is 19.4. The van der Waals surface area contributed by atoms with Gasteiger partial charge in [0.05, 0.1) is 10.8 Å². The predicted molar refractivity (Wildman–Crippen MR) is 100 cm³/mol. The molecule has 0 unspecified atom stereocenters. The average Bonchev–Trinajstić information content (AvgIpc) is 2.67. The first kappa shape index (κ1) is 18.8. The lowest BCUT2D eigenvalue weighted by molar-refractivity contribution is -0.383.